The summed E-state index contributed by atoms with van der Waals surface area (Å²) in [4.78, 5) is 11.8. The van der Waals surface area contributed by atoms with E-state index < -0.39 is 5.60 Å². The van der Waals surface area contributed by atoms with Crippen molar-refractivity contribution >= 4 is 21.8 Å². The third-order valence-electron chi connectivity index (χ3n) is 3.25. The van der Waals surface area contributed by atoms with Crippen LogP contribution in [0.3, 0.4) is 0 Å². The molecule has 5 heteroatoms. The number of halogens is 1. The Balaban J connectivity index is 2.08. The second kappa shape index (κ2) is 6.24. The van der Waals surface area contributed by atoms with Crippen molar-refractivity contribution in [3.8, 4) is 0 Å². The number of carbonyl (C=O) groups excluding carboxylic acids is 1. The molecule has 2 N–H and O–H groups in total. The SMILES string of the molecule is CC[C@](O)(CNC(=O)c1ccco1)c1ccc(Br)cc1. The number of nitrogens with one attached hydrogen (secondary N) is 1. The molecular weight excluding hydrogens is 322 g/mol. The summed E-state index contributed by atoms with van der Waals surface area (Å²) in [5.74, 6) is -0.0988. The fraction of sp³-hybridized carbons (Fsp3) is 0.267. The predicted molar refractivity (Wildman–Crippen MR) is 79.4 cm³/mol. The highest BCUT2D eigenvalue weighted by molar-refractivity contribution is 9.10. The first-order valence-electron chi connectivity index (χ1n) is 6.35. The first kappa shape index (κ1) is 14.8. The summed E-state index contributed by atoms with van der Waals surface area (Å²) >= 11 is 3.36. The molecule has 0 aliphatic rings. The van der Waals surface area contributed by atoms with Gasteiger partial charge in [-0.15, -0.1) is 0 Å². The monoisotopic (exact) mass is 337 g/mol. The Morgan fingerprint density at radius 1 is 1.35 bits per heavy atom. The van der Waals surface area contributed by atoms with Gasteiger partial charge in [-0.25, -0.2) is 0 Å². The fourth-order valence-electron chi connectivity index (χ4n) is 1.91. The van der Waals surface area contributed by atoms with Gasteiger partial charge < -0.3 is 14.8 Å². The maximum Gasteiger partial charge on any atom is 0.287 e. The Bertz CT molecular complexity index is 565. The van der Waals surface area contributed by atoms with Gasteiger partial charge in [0, 0.05) is 4.47 Å². The van der Waals surface area contributed by atoms with E-state index in [2.05, 4.69) is 21.2 Å². The Kier molecular flexibility index (Phi) is 4.62. The topological polar surface area (TPSA) is 62.5 Å². The third kappa shape index (κ3) is 3.29. The summed E-state index contributed by atoms with van der Waals surface area (Å²) in [7, 11) is 0. The molecule has 0 bridgehead atoms. The molecule has 2 aromatic rings. The number of carbonyl (C=O) groups is 1. The second-order valence-electron chi connectivity index (χ2n) is 4.55. The lowest BCUT2D eigenvalue weighted by Crippen LogP contribution is -2.40. The molecule has 0 saturated heterocycles. The van der Waals surface area contributed by atoms with Crippen molar-refractivity contribution in [2.24, 2.45) is 0 Å². The van der Waals surface area contributed by atoms with E-state index in [1.165, 1.54) is 6.26 Å². The van der Waals surface area contributed by atoms with Crippen LogP contribution in [0.15, 0.2) is 51.6 Å². The summed E-state index contributed by atoms with van der Waals surface area (Å²) in [5.41, 5.74) is -0.328. The maximum atomic E-state index is 11.8. The smallest absolute Gasteiger partial charge is 0.287 e. The number of benzene rings is 1. The van der Waals surface area contributed by atoms with E-state index in [1.54, 1.807) is 12.1 Å². The molecule has 0 aliphatic heterocycles. The zero-order valence-corrected chi connectivity index (χ0v) is 12.7. The van der Waals surface area contributed by atoms with Gasteiger partial charge in [-0.1, -0.05) is 35.0 Å². The van der Waals surface area contributed by atoms with Gasteiger partial charge in [-0.3, -0.25) is 4.79 Å². The van der Waals surface area contributed by atoms with Gasteiger partial charge >= 0.3 is 0 Å². The van der Waals surface area contributed by atoms with Crippen LogP contribution in [0, 0.1) is 0 Å². The van der Waals surface area contributed by atoms with Crippen LogP contribution in [0.4, 0.5) is 0 Å². The second-order valence-corrected chi connectivity index (χ2v) is 5.47. The molecular formula is C15H16BrNO3. The lowest BCUT2D eigenvalue weighted by Gasteiger charge is -2.27. The van der Waals surface area contributed by atoms with Crippen LogP contribution in [0.2, 0.25) is 0 Å². The summed E-state index contributed by atoms with van der Waals surface area (Å²) in [6.45, 7) is 2.01. The highest BCUT2D eigenvalue weighted by Gasteiger charge is 2.28. The summed E-state index contributed by atoms with van der Waals surface area (Å²) < 4.78 is 5.96. The zero-order valence-electron chi connectivity index (χ0n) is 11.1. The molecule has 0 fully saturated rings. The number of hydrogen-bond acceptors (Lipinski definition) is 3. The minimum absolute atomic E-state index is 0.130. The van der Waals surface area contributed by atoms with Gasteiger partial charge in [0.1, 0.15) is 5.60 Å². The Morgan fingerprint density at radius 2 is 2.05 bits per heavy atom. The average molecular weight is 338 g/mol. The van der Waals surface area contributed by atoms with Gasteiger partial charge in [0.2, 0.25) is 0 Å². The minimum atomic E-state index is -1.09. The lowest BCUT2D eigenvalue weighted by atomic mass is 9.91. The van der Waals surface area contributed by atoms with Crippen molar-refractivity contribution in [3.05, 3.63) is 58.5 Å². The number of hydrogen-bond donors (Lipinski definition) is 2. The molecule has 1 heterocycles. The Morgan fingerprint density at radius 3 is 2.60 bits per heavy atom. The van der Waals surface area contributed by atoms with Crippen LogP contribution in [0.5, 0.6) is 0 Å². The van der Waals surface area contributed by atoms with Gasteiger partial charge in [-0.2, -0.15) is 0 Å². The van der Waals surface area contributed by atoms with Crippen LogP contribution in [-0.4, -0.2) is 17.6 Å². The van der Waals surface area contributed by atoms with Gasteiger partial charge in [0.15, 0.2) is 5.76 Å². The van der Waals surface area contributed by atoms with E-state index in [1.807, 2.05) is 31.2 Å². The molecule has 0 unspecified atom stereocenters. The van der Waals surface area contributed by atoms with Crippen LogP contribution in [0.1, 0.15) is 29.5 Å². The summed E-state index contributed by atoms with van der Waals surface area (Å²) in [5, 5.41) is 13.4. The van der Waals surface area contributed by atoms with Crippen molar-refractivity contribution in [1.82, 2.24) is 5.32 Å². The fourth-order valence-corrected chi connectivity index (χ4v) is 2.18. The third-order valence-corrected chi connectivity index (χ3v) is 3.78. The standard InChI is InChI=1S/C15H16BrNO3/c1-2-15(19,11-5-7-12(16)8-6-11)10-17-14(18)13-4-3-9-20-13/h3-9,19H,2,10H2,1H3,(H,17,18)/t15-/m0/s1. The quantitative estimate of drug-likeness (QED) is 0.881. The van der Waals surface area contributed by atoms with Gasteiger partial charge in [-0.05, 0) is 36.2 Å². The molecule has 0 radical (unpaired) electrons. The van der Waals surface area contributed by atoms with Crippen molar-refractivity contribution < 1.29 is 14.3 Å². The molecule has 0 aliphatic carbocycles. The molecule has 1 amide bonds. The Labute approximate surface area is 125 Å². The molecule has 4 nitrogen and oxygen atoms in total. The van der Waals surface area contributed by atoms with Crippen molar-refractivity contribution in [2.75, 3.05) is 6.54 Å². The summed E-state index contributed by atoms with van der Waals surface area (Å²) in [6, 6.07) is 10.6. The number of rotatable bonds is 5. The molecule has 1 aromatic heterocycles. The number of amides is 1. The Hall–Kier alpha value is -1.59. The molecule has 1 atom stereocenters. The van der Waals surface area contributed by atoms with Crippen molar-refractivity contribution in [3.63, 3.8) is 0 Å². The van der Waals surface area contributed by atoms with Crippen molar-refractivity contribution in [1.29, 1.82) is 0 Å². The van der Waals surface area contributed by atoms with E-state index in [4.69, 9.17) is 4.42 Å². The largest absolute Gasteiger partial charge is 0.459 e. The normalized spacial score (nSPS) is 13.8. The lowest BCUT2D eigenvalue weighted by molar-refractivity contribution is 0.0310. The number of aliphatic hydroxyl groups is 1. The highest BCUT2D eigenvalue weighted by Crippen LogP contribution is 2.25. The maximum absolute atomic E-state index is 11.8. The van der Waals surface area contributed by atoms with Crippen LogP contribution < -0.4 is 5.32 Å². The van der Waals surface area contributed by atoms with Gasteiger partial charge in [0.05, 0.1) is 12.8 Å². The zero-order chi connectivity index (χ0) is 14.6. The van der Waals surface area contributed by atoms with Gasteiger partial charge in [0.25, 0.3) is 5.91 Å². The van der Waals surface area contributed by atoms with Crippen LogP contribution >= 0.6 is 15.9 Å². The van der Waals surface area contributed by atoms with Crippen LogP contribution in [-0.2, 0) is 5.60 Å². The molecule has 106 valence electrons. The van der Waals surface area contributed by atoms with E-state index in [0.29, 0.717) is 6.42 Å². The first-order chi connectivity index (χ1) is 9.55. The molecule has 2 rings (SSSR count). The van der Waals surface area contributed by atoms with Crippen molar-refractivity contribution in [2.45, 2.75) is 18.9 Å². The van der Waals surface area contributed by atoms with E-state index in [-0.39, 0.29) is 18.2 Å². The molecule has 1 aromatic carbocycles. The minimum Gasteiger partial charge on any atom is -0.459 e. The first-order valence-corrected chi connectivity index (χ1v) is 7.14. The summed E-state index contributed by atoms with van der Waals surface area (Å²) in [6.07, 6.45) is 1.93. The molecule has 0 spiro atoms. The highest BCUT2D eigenvalue weighted by atomic mass is 79.9. The van der Waals surface area contributed by atoms with E-state index >= 15 is 0 Å². The van der Waals surface area contributed by atoms with E-state index in [9.17, 15) is 9.90 Å². The molecule has 20 heavy (non-hydrogen) atoms. The average Bonchev–Trinajstić information content (AvgIpc) is 2.99. The number of furan rings is 1. The van der Waals surface area contributed by atoms with Crippen LogP contribution in [0.25, 0.3) is 0 Å². The molecule has 0 saturated carbocycles. The predicted octanol–water partition coefficient (Wildman–Crippen LogP) is 3.07. The van der Waals surface area contributed by atoms with E-state index in [0.717, 1.165) is 10.0 Å².